The summed E-state index contributed by atoms with van der Waals surface area (Å²) in [5.41, 5.74) is 9.25. The molecule has 1 atom stereocenters. The number of fused-ring (bicyclic) bond motifs is 1. The molecule has 1 fully saturated rings. The van der Waals surface area contributed by atoms with E-state index < -0.39 is 0 Å². The van der Waals surface area contributed by atoms with E-state index in [1.54, 1.807) is 7.11 Å². The summed E-state index contributed by atoms with van der Waals surface area (Å²) in [7, 11) is 1.66. The lowest BCUT2D eigenvalue weighted by atomic mass is 10.1. The van der Waals surface area contributed by atoms with Gasteiger partial charge in [0.2, 0.25) is 0 Å². The molecule has 1 aliphatic rings. The highest BCUT2D eigenvalue weighted by atomic mass is 16.5. The summed E-state index contributed by atoms with van der Waals surface area (Å²) in [4.78, 5) is 11.2. The van der Waals surface area contributed by atoms with Crippen molar-refractivity contribution in [2.45, 2.75) is 12.5 Å². The predicted octanol–water partition coefficient (Wildman–Crippen LogP) is 1.52. The number of hydrogen-bond acceptors (Lipinski definition) is 7. The zero-order chi connectivity index (χ0) is 20.2. The van der Waals surface area contributed by atoms with Crippen molar-refractivity contribution in [1.82, 2.24) is 24.8 Å². The van der Waals surface area contributed by atoms with Crippen LogP contribution in [0.1, 0.15) is 12.5 Å². The van der Waals surface area contributed by atoms with Crippen LogP contribution in [0.4, 0.5) is 5.82 Å². The molecule has 3 aromatic rings. The van der Waals surface area contributed by atoms with E-state index in [0.29, 0.717) is 18.4 Å². The smallest absolute Gasteiger partial charge is 0.146 e. The van der Waals surface area contributed by atoms with Crippen molar-refractivity contribution in [2.75, 3.05) is 52.2 Å². The number of hydrogen-bond donors (Lipinski definition) is 3. The molecule has 0 spiro atoms. The molecule has 8 nitrogen and oxygen atoms in total. The number of anilines is 1. The molecule has 29 heavy (non-hydrogen) atoms. The molecule has 8 heteroatoms. The molecule has 4 N–H and O–H groups in total. The van der Waals surface area contributed by atoms with Gasteiger partial charge in [-0.3, -0.25) is 4.90 Å². The van der Waals surface area contributed by atoms with Crippen molar-refractivity contribution in [3.8, 4) is 16.9 Å². The minimum Gasteiger partial charge on any atom is -0.497 e. The molecule has 0 aliphatic carbocycles. The van der Waals surface area contributed by atoms with E-state index in [4.69, 9.17) is 15.6 Å². The van der Waals surface area contributed by atoms with Crippen molar-refractivity contribution in [2.24, 2.45) is 0 Å². The van der Waals surface area contributed by atoms with Crippen molar-refractivity contribution >= 4 is 16.9 Å². The molecule has 0 amide bonds. The van der Waals surface area contributed by atoms with Gasteiger partial charge in [0.05, 0.1) is 19.1 Å². The molecule has 0 bridgehead atoms. The van der Waals surface area contributed by atoms with Gasteiger partial charge in [0, 0.05) is 50.5 Å². The zero-order valence-corrected chi connectivity index (χ0v) is 16.7. The lowest BCUT2D eigenvalue weighted by Gasteiger charge is -2.17. The van der Waals surface area contributed by atoms with Gasteiger partial charge in [-0.25, -0.2) is 9.97 Å². The topological polar surface area (TPSA) is 101 Å². The molecule has 1 aromatic carbocycles. The van der Waals surface area contributed by atoms with Crippen LogP contribution >= 0.6 is 0 Å². The molecule has 2 aromatic heterocycles. The number of ether oxygens (including phenoxy) is 1. The van der Waals surface area contributed by atoms with Gasteiger partial charge in [0.25, 0.3) is 0 Å². The van der Waals surface area contributed by atoms with Crippen molar-refractivity contribution in [1.29, 1.82) is 0 Å². The summed E-state index contributed by atoms with van der Waals surface area (Å²) < 4.78 is 7.54. The highest BCUT2D eigenvalue weighted by molar-refractivity contribution is 6.00. The number of nitrogens with one attached hydrogen (secondary N) is 1. The zero-order valence-electron chi connectivity index (χ0n) is 16.7. The molecule has 1 saturated heterocycles. The highest BCUT2D eigenvalue weighted by Crippen LogP contribution is 2.36. The number of nitrogens with zero attached hydrogens (tertiary/aromatic N) is 4. The number of aliphatic hydroxyl groups excluding tert-OH is 1. The van der Waals surface area contributed by atoms with Gasteiger partial charge in [-0.15, -0.1) is 0 Å². The molecular weight excluding hydrogens is 368 g/mol. The summed E-state index contributed by atoms with van der Waals surface area (Å²) in [6.07, 6.45) is 4.77. The Hall–Kier alpha value is -2.68. The van der Waals surface area contributed by atoms with E-state index in [-0.39, 0.29) is 6.61 Å². The third kappa shape index (κ3) is 4.05. The average Bonchev–Trinajstić information content (AvgIpc) is 3.37. The van der Waals surface area contributed by atoms with Crippen LogP contribution in [0.15, 0.2) is 36.8 Å². The van der Waals surface area contributed by atoms with Crippen LogP contribution in [-0.4, -0.2) is 71.0 Å². The van der Waals surface area contributed by atoms with Crippen LogP contribution in [0.2, 0.25) is 0 Å². The van der Waals surface area contributed by atoms with Crippen LogP contribution < -0.4 is 15.8 Å². The van der Waals surface area contributed by atoms with Crippen molar-refractivity contribution in [3.05, 3.63) is 36.8 Å². The summed E-state index contributed by atoms with van der Waals surface area (Å²) in [6, 6.07) is 8.33. The Labute approximate surface area is 170 Å². The molecular formula is C21H28N6O2. The quantitative estimate of drug-likeness (QED) is 0.496. The van der Waals surface area contributed by atoms with E-state index in [2.05, 4.69) is 30.9 Å². The molecule has 1 unspecified atom stereocenters. The molecule has 0 radical (unpaired) electrons. The lowest BCUT2D eigenvalue weighted by molar-refractivity contribution is 0.280. The number of aliphatic hydroxyl groups is 1. The summed E-state index contributed by atoms with van der Waals surface area (Å²) in [5, 5.41) is 13.0. The lowest BCUT2D eigenvalue weighted by Crippen LogP contribution is -2.32. The Bertz CT molecular complexity index is 956. The SMILES string of the molecule is COc1ccc(-c2cn(C3CCN(CCNCCO)C3)c3ncnc(N)c23)cc1. The van der Waals surface area contributed by atoms with E-state index in [1.807, 2.05) is 24.3 Å². The fourth-order valence-electron chi connectivity index (χ4n) is 4.06. The monoisotopic (exact) mass is 396 g/mol. The van der Waals surface area contributed by atoms with Crippen LogP contribution in [0.3, 0.4) is 0 Å². The number of benzene rings is 1. The predicted molar refractivity (Wildman–Crippen MR) is 114 cm³/mol. The van der Waals surface area contributed by atoms with Gasteiger partial charge in [-0.05, 0) is 24.1 Å². The van der Waals surface area contributed by atoms with Crippen LogP contribution in [-0.2, 0) is 0 Å². The Morgan fingerprint density at radius 3 is 2.83 bits per heavy atom. The van der Waals surface area contributed by atoms with Crippen LogP contribution in [0.25, 0.3) is 22.2 Å². The normalized spacial score (nSPS) is 17.2. The second-order valence-corrected chi connectivity index (χ2v) is 7.35. The fraction of sp³-hybridized carbons (Fsp3) is 0.429. The van der Waals surface area contributed by atoms with Gasteiger partial charge < -0.3 is 25.5 Å². The Kier molecular flexibility index (Phi) is 5.94. The number of aromatic nitrogens is 3. The number of likely N-dealkylation sites (tertiary alicyclic amines) is 1. The number of rotatable bonds is 8. The Morgan fingerprint density at radius 1 is 1.24 bits per heavy atom. The third-order valence-corrected chi connectivity index (χ3v) is 5.57. The Morgan fingerprint density at radius 2 is 2.07 bits per heavy atom. The van der Waals surface area contributed by atoms with Crippen LogP contribution in [0.5, 0.6) is 5.75 Å². The second kappa shape index (κ2) is 8.77. The number of nitrogen functional groups attached to an aromatic ring is 1. The van der Waals surface area contributed by atoms with Crippen LogP contribution in [0, 0.1) is 0 Å². The first-order valence-corrected chi connectivity index (χ1v) is 10.0. The Balaban J connectivity index is 1.61. The third-order valence-electron chi connectivity index (χ3n) is 5.57. The largest absolute Gasteiger partial charge is 0.497 e. The maximum Gasteiger partial charge on any atom is 0.146 e. The van der Waals surface area contributed by atoms with Gasteiger partial charge in [-0.2, -0.15) is 0 Å². The van der Waals surface area contributed by atoms with Crippen molar-refractivity contribution < 1.29 is 9.84 Å². The summed E-state index contributed by atoms with van der Waals surface area (Å²) in [5.74, 6) is 1.32. The molecule has 3 heterocycles. The standard InChI is InChI=1S/C21H28N6O2/c1-29-17-4-2-15(3-5-17)18-13-27(21-19(18)20(22)24-14-25-21)16-6-9-26(12-16)10-7-23-8-11-28/h2-5,13-14,16,23,28H,6-12H2,1H3,(H2,22,24,25). The second-order valence-electron chi connectivity index (χ2n) is 7.35. The van der Waals surface area contributed by atoms with Gasteiger partial charge in [-0.1, -0.05) is 12.1 Å². The van der Waals surface area contributed by atoms with E-state index in [9.17, 15) is 0 Å². The minimum atomic E-state index is 0.174. The molecule has 154 valence electrons. The van der Waals surface area contributed by atoms with Gasteiger partial charge >= 0.3 is 0 Å². The summed E-state index contributed by atoms with van der Waals surface area (Å²) >= 11 is 0. The minimum absolute atomic E-state index is 0.174. The molecule has 0 saturated carbocycles. The maximum absolute atomic E-state index is 8.89. The number of methoxy groups -OCH3 is 1. The maximum atomic E-state index is 8.89. The first-order valence-electron chi connectivity index (χ1n) is 10.0. The molecule has 4 rings (SSSR count). The number of nitrogens with two attached hydrogens (primary N) is 1. The fourth-order valence-corrected chi connectivity index (χ4v) is 4.06. The average molecular weight is 396 g/mol. The van der Waals surface area contributed by atoms with Gasteiger partial charge in [0.1, 0.15) is 23.5 Å². The highest BCUT2D eigenvalue weighted by Gasteiger charge is 2.26. The first kappa shape index (κ1) is 19.6. The molecule has 1 aliphatic heterocycles. The van der Waals surface area contributed by atoms with E-state index in [1.165, 1.54) is 6.33 Å². The summed E-state index contributed by atoms with van der Waals surface area (Å²) in [6.45, 7) is 4.68. The first-order chi connectivity index (χ1) is 14.2. The van der Waals surface area contributed by atoms with Crippen molar-refractivity contribution in [3.63, 3.8) is 0 Å². The van der Waals surface area contributed by atoms with Gasteiger partial charge in [0.15, 0.2) is 0 Å². The van der Waals surface area contributed by atoms with E-state index >= 15 is 0 Å². The van der Waals surface area contributed by atoms with E-state index in [0.717, 1.165) is 60.5 Å².